The van der Waals surface area contributed by atoms with Gasteiger partial charge < -0.3 is 4.90 Å². The Hall–Kier alpha value is -1.09. The summed E-state index contributed by atoms with van der Waals surface area (Å²) in [6.45, 7) is 10.1. The summed E-state index contributed by atoms with van der Waals surface area (Å²) in [5.74, 6) is -0.0866. The Labute approximate surface area is 109 Å². The third-order valence-electron chi connectivity index (χ3n) is 4.07. The monoisotopic (exact) mass is 250 g/mol. The first-order chi connectivity index (χ1) is 8.40. The Morgan fingerprint density at radius 3 is 2.17 bits per heavy atom. The van der Waals surface area contributed by atoms with E-state index >= 15 is 0 Å². The highest BCUT2D eigenvalue weighted by molar-refractivity contribution is 5.56. The van der Waals surface area contributed by atoms with Gasteiger partial charge in [0, 0.05) is 25.2 Å². The minimum atomic E-state index is -0.0866. The molecule has 0 unspecified atom stereocenters. The number of anilines is 1. The Morgan fingerprint density at radius 2 is 1.67 bits per heavy atom. The van der Waals surface area contributed by atoms with Gasteiger partial charge in [-0.05, 0) is 51.9 Å². The molecule has 100 valence electrons. The maximum Gasteiger partial charge on any atom is 0.147 e. The molecule has 1 heterocycles. The predicted octanol–water partition coefficient (Wildman–Crippen LogP) is 2.97. The zero-order chi connectivity index (χ0) is 13.4. The van der Waals surface area contributed by atoms with Crippen molar-refractivity contribution < 1.29 is 4.39 Å². The van der Waals surface area contributed by atoms with Gasteiger partial charge in [0.1, 0.15) is 5.82 Å². The first kappa shape index (κ1) is 13.3. The van der Waals surface area contributed by atoms with Crippen LogP contribution in [0.15, 0.2) is 12.1 Å². The van der Waals surface area contributed by atoms with E-state index in [1.54, 1.807) is 6.07 Å². The zero-order valence-electron chi connectivity index (χ0n) is 12.0. The first-order valence-electron chi connectivity index (χ1n) is 6.63. The summed E-state index contributed by atoms with van der Waals surface area (Å²) in [5, 5.41) is 0. The lowest BCUT2D eigenvalue weighted by atomic mass is 10.0. The molecule has 1 aliphatic heterocycles. The summed E-state index contributed by atoms with van der Waals surface area (Å²) in [5.41, 5.74) is 2.81. The van der Waals surface area contributed by atoms with E-state index in [0.29, 0.717) is 12.1 Å². The van der Waals surface area contributed by atoms with Crippen molar-refractivity contribution >= 4 is 5.69 Å². The van der Waals surface area contributed by atoms with Gasteiger partial charge in [-0.2, -0.15) is 0 Å². The molecule has 0 radical (unpaired) electrons. The molecule has 1 aromatic rings. The van der Waals surface area contributed by atoms with Gasteiger partial charge in [0.2, 0.25) is 0 Å². The second-order valence-electron chi connectivity index (χ2n) is 5.68. The third-order valence-corrected chi connectivity index (χ3v) is 4.07. The van der Waals surface area contributed by atoms with Crippen LogP contribution in [0.5, 0.6) is 0 Å². The molecule has 0 bridgehead atoms. The second-order valence-corrected chi connectivity index (χ2v) is 5.68. The summed E-state index contributed by atoms with van der Waals surface area (Å²) in [6, 6.07) is 4.60. The molecule has 0 saturated carbocycles. The van der Waals surface area contributed by atoms with Crippen LogP contribution in [0.2, 0.25) is 0 Å². The number of hydrogen-bond donors (Lipinski definition) is 0. The highest BCUT2D eigenvalue weighted by atomic mass is 19.1. The topological polar surface area (TPSA) is 6.48 Å². The van der Waals surface area contributed by atoms with Crippen molar-refractivity contribution in [3.63, 3.8) is 0 Å². The third kappa shape index (κ3) is 2.37. The number of aryl methyl sites for hydroxylation is 2. The van der Waals surface area contributed by atoms with Gasteiger partial charge >= 0.3 is 0 Å². The zero-order valence-corrected chi connectivity index (χ0v) is 12.0. The molecule has 18 heavy (non-hydrogen) atoms. The van der Waals surface area contributed by atoms with Crippen LogP contribution in [-0.4, -0.2) is 37.1 Å². The standard InChI is InChI=1S/C15H23FN2/c1-10-6-11(2)15(14(16)7-10)18-8-12(3)17(5)13(4)9-18/h6-7,12-13H,8-9H2,1-5H3/t12-,13+. The van der Waals surface area contributed by atoms with Crippen molar-refractivity contribution in [1.29, 1.82) is 0 Å². The Balaban J connectivity index is 2.32. The maximum absolute atomic E-state index is 14.2. The molecular formula is C15H23FN2. The van der Waals surface area contributed by atoms with Crippen LogP contribution in [-0.2, 0) is 0 Å². The lowest BCUT2D eigenvalue weighted by Crippen LogP contribution is -2.55. The summed E-state index contributed by atoms with van der Waals surface area (Å²) in [6.07, 6.45) is 0. The van der Waals surface area contributed by atoms with Crippen LogP contribution >= 0.6 is 0 Å². The number of hydrogen-bond acceptors (Lipinski definition) is 2. The van der Waals surface area contributed by atoms with E-state index in [-0.39, 0.29) is 5.82 Å². The molecule has 1 saturated heterocycles. The average molecular weight is 250 g/mol. The molecule has 1 aliphatic rings. The van der Waals surface area contributed by atoms with Crippen LogP contribution < -0.4 is 4.90 Å². The summed E-state index contributed by atoms with van der Waals surface area (Å²) >= 11 is 0. The van der Waals surface area contributed by atoms with Crippen LogP contribution in [0.1, 0.15) is 25.0 Å². The molecule has 3 heteroatoms. The molecule has 0 aliphatic carbocycles. The average Bonchev–Trinajstić information content (AvgIpc) is 2.24. The van der Waals surface area contributed by atoms with Gasteiger partial charge in [0.15, 0.2) is 0 Å². The molecule has 2 rings (SSSR count). The van der Waals surface area contributed by atoms with Crippen molar-refractivity contribution in [3.05, 3.63) is 29.1 Å². The fourth-order valence-electron chi connectivity index (χ4n) is 2.90. The second kappa shape index (κ2) is 4.88. The normalized spacial score (nSPS) is 25.6. The van der Waals surface area contributed by atoms with Crippen LogP contribution in [0.3, 0.4) is 0 Å². The smallest absolute Gasteiger partial charge is 0.147 e. The van der Waals surface area contributed by atoms with Gasteiger partial charge in [-0.1, -0.05) is 6.07 Å². The van der Waals surface area contributed by atoms with E-state index < -0.39 is 0 Å². The molecule has 1 fully saturated rings. The first-order valence-corrected chi connectivity index (χ1v) is 6.63. The van der Waals surface area contributed by atoms with Gasteiger partial charge in [-0.25, -0.2) is 4.39 Å². The van der Waals surface area contributed by atoms with Crippen molar-refractivity contribution in [2.75, 3.05) is 25.0 Å². The Kier molecular flexibility index (Phi) is 3.62. The summed E-state index contributed by atoms with van der Waals surface area (Å²) < 4.78 is 14.2. The number of halogens is 1. The Morgan fingerprint density at radius 1 is 1.11 bits per heavy atom. The van der Waals surface area contributed by atoms with Crippen LogP contribution in [0.25, 0.3) is 0 Å². The van der Waals surface area contributed by atoms with E-state index in [2.05, 4.69) is 36.8 Å². The van der Waals surface area contributed by atoms with Crippen molar-refractivity contribution in [3.8, 4) is 0 Å². The van der Waals surface area contributed by atoms with Gasteiger partial charge in [0.05, 0.1) is 5.69 Å². The molecule has 0 N–H and O–H groups in total. The van der Waals surface area contributed by atoms with Crippen molar-refractivity contribution in [2.24, 2.45) is 0 Å². The van der Waals surface area contributed by atoms with E-state index in [0.717, 1.165) is 29.9 Å². The molecule has 1 aromatic carbocycles. The number of benzene rings is 1. The maximum atomic E-state index is 14.2. The molecule has 2 nitrogen and oxygen atoms in total. The minimum absolute atomic E-state index is 0.0866. The van der Waals surface area contributed by atoms with E-state index in [4.69, 9.17) is 0 Å². The number of nitrogens with zero attached hydrogens (tertiary/aromatic N) is 2. The van der Waals surface area contributed by atoms with E-state index in [1.807, 2.05) is 13.8 Å². The lowest BCUT2D eigenvalue weighted by Gasteiger charge is -2.44. The Bertz CT molecular complexity index is 409. The number of piperazine rings is 1. The molecule has 0 aromatic heterocycles. The molecule has 2 atom stereocenters. The van der Waals surface area contributed by atoms with Crippen molar-refractivity contribution in [1.82, 2.24) is 4.90 Å². The predicted molar refractivity (Wildman–Crippen MR) is 74.8 cm³/mol. The number of likely N-dealkylation sites (N-methyl/N-ethyl adjacent to an activating group) is 1. The van der Waals surface area contributed by atoms with Crippen LogP contribution in [0, 0.1) is 19.7 Å². The molecule has 0 spiro atoms. The van der Waals surface area contributed by atoms with Gasteiger partial charge in [0.25, 0.3) is 0 Å². The summed E-state index contributed by atoms with van der Waals surface area (Å²) in [7, 11) is 2.14. The van der Waals surface area contributed by atoms with Crippen molar-refractivity contribution in [2.45, 2.75) is 39.8 Å². The number of rotatable bonds is 1. The van der Waals surface area contributed by atoms with E-state index in [9.17, 15) is 4.39 Å². The van der Waals surface area contributed by atoms with E-state index in [1.165, 1.54) is 0 Å². The largest absolute Gasteiger partial charge is 0.366 e. The quantitative estimate of drug-likeness (QED) is 0.756. The molecule has 0 amide bonds. The van der Waals surface area contributed by atoms with Gasteiger partial charge in [-0.3, -0.25) is 4.90 Å². The lowest BCUT2D eigenvalue weighted by molar-refractivity contribution is 0.169. The highest BCUT2D eigenvalue weighted by Gasteiger charge is 2.28. The van der Waals surface area contributed by atoms with Gasteiger partial charge in [-0.15, -0.1) is 0 Å². The van der Waals surface area contributed by atoms with Crippen LogP contribution in [0.4, 0.5) is 10.1 Å². The SMILES string of the molecule is Cc1cc(C)c(N2C[C@@H](C)N(C)[C@@H](C)C2)c(F)c1. The molecular weight excluding hydrogens is 227 g/mol. The minimum Gasteiger partial charge on any atom is -0.366 e. The highest BCUT2D eigenvalue weighted by Crippen LogP contribution is 2.28. The fourth-order valence-corrected chi connectivity index (χ4v) is 2.90. The fraction of sp³-hybridized carbons (Fsp3) is 0.600. The summed E-state index contributed by atoms with van der Waals surface area (Å²) in [4.78, 5) is 4.55.